The zero-order valence-corrected chi connectivity index (χ0v) is 14.7. The van der Waals surface area contributed by atoms with Crippen LogP contribution in [0.15, 0.2) is 45.3 Å². The molecule has 0 bridgehead atoms. The van der Waals surface area contributed by atoms with E-state index in [-0.39, 0.29) is 0 Å². The van der Waals surface area contributed by atoms with E-state index in [9.17, 15) is 19.2 Å². The summed E-state index contributed by atoms with van der Waals surface area (Å²) in [6.45, 7) is 1.57. The Kier molecular flexibility index (Phi) is 12.1. The molecule has 0 aliphatic rings. The number of nitrogens with zero attached hydrogens (tertiary/aromatic N) is 5. The minimum atomic E-state index is -1.62. The zero-order valence-electron chi connectivity index (χ0n) is 14.7. The Hall–Kier alpha value is -3.93. The molecule has 0 spiro atoms. The van der Waals surface area contributed by atoms with Gasteiger partial charge in [-0.1, -0.05) is 11.2 Å². The van der Waals surface area contributed by atoms with Gasteiger partial charge in [0, 0.05) is 5.46 Å². The molecule has 0 unspecified atom stereocenters. The number of hydrogen-bond acceptors (Lipinski definition) is 22. The van der Waals surface area contributed by atoms with Crippen LogP contribution in [-0.2, 0) is 39.9 Å². The molecule has 22 nitrogen and oxygen atoms in total. The van der Waals surface area contributed by atoms with Crippen molar-refractivity contribution in [2.45, 2.75) is 6.82 Å². The molecule has 2 radical (unpaired) electrons. The summed E-state index contributed by atoms with van der Waals surface area (Å²) >= 11 is 0. The van der Waals surface area contributed by atoms with Gasteiger partial charge in [0.25, 0.3) is 16.3 Å². The number of hydrogen-bond donors (Lipinski definition) is 4. The zero-order chi connectivity index (χ0) is 22.9. The Morgan fingerprint density at radius 2 is 1.16 bits per heavy atom. The maximum absolute atomic E-state index is 11.5. The molecule has 4 N–H and O–H groups in total. The molecule has 24 heteroatoms. The molecule has 0 aromatic heterocycles. The van der Waals surface area contributed by atoms with E-state index in [1.807, 2.05) is 5.59 Å². The van der Waals surface area contributed by atoms with Gasteiger partial charge in [0.2, 0.25) is 5.43 Å². The second-order valence-electron chi connectivity index (χ2n) is 3.88. The SMILES string of the molecule is [B]c1c(ONNOO/N=N/OO/N=N/OONNOON=BC)c(=O)c(=O)c(=O)c1=O. The van der Waals surface area contributed by atoms with Gasteiger partial charge < -0.3 is 4.84 Å². The molecule has 0 aliphatic heterocycles. The van der Waals surface area contributed by atoms with Crippen LogP contribution in [0.5, 0.6) is 5.75 Å². The molecule has 1 aromatic rings. The Morgan fingerprint density at radius 1 is 0.677 bits per heavy atom. The molecule has 164 valence electrons. The number of benzene rings is 1. The average molecular weight is 447 g/mol. The smallest absolute Gasteiger partial charge is 0.280 e. The van der Waals surface area contributed by atoms with Crippen molar-refractivity contribution in [1.82, 2.24) is 22.4 Å². The average Bonchev–Trinajstić information content (AvgIpc) is 2.77. The summed E-state index contributed by atoms with van der Waals surface area (Å²) in [5.74, 6) is -0.946. The van der Waals surface area contributed by atoms with Crippen molar-refractivity contribution in [2.75, 3.05) is 0 Å². The van der Waals surface area contributed by atoms with Gasteiger partial charge in [0.15, 0.2) is 5.75 Å². The van der Waals surface area contributed by atoms with Crippen LogP contribution in [0.25, 0.3) is 0 Å². The van der Waals surface area contributed by atoms with E-state index in [0.29, 0.717) is 0 Å². The van der Waals surface area contributed by atoms with Crippen LogP contribution >= 0.6 is 0 Å². The third-order valence-electron chi connectivity index (χ3n) is 2.17. The van der Waals surface area contributed by atoms with Crippen LogP contribution in [0.1, 0.15) is 0 Å². The second kappa shape index (κ2) is 15.0. The maximum atomic E-state index is 11.5. The molecule has 0 saturated carbocycles. The first kappa shape index (κ1) is 25.1. The normalized spacial score (nSPS) is 11.0. The van der Waals surface area contributed by atoms with Gasteiger partial charge in [-0.3, -0.25) is 19.2 Å². The molecular formula is C7H7B2N9O13. The van der Waals surface area contributed by atoms with Crippen molar-refractivity contribution in [2.24, 2.45) is 26.2 Å². The molecule has 0 aliphatic carbocycles. The molecule has 0 saturated heterocycles. The molecular weight excluding hydrogens is 440 g/mol. The van der Waals surface area contributed by atoms with Crippen molar-refractivity contribution in [3.63, 3.8) is 0 Å². The van der Waals surface area contributed by atoms with E-state index >= 15 is 0 Å². The van der Waals surface area contributed by atoms with Gasteiger partial charge in [-0.15, -0.1) is 0 Å². The first-order valence-electron chi connectivity index (χ1n) is 6.94. The van der Waals surface area contributed by atoms with Crippen molar-refractivity contribution >= 4 is 20.4 Å². The molecule has 0 heterocycles. The van der Waals surface area contributed by atoms with Gasteiger partial charge in [-0.2, -0.15) is 4.99 Å². The maximum Gasteiger partial charge on any atom is 0.280 e. The summed E-state index contributed by atoms with van der Waals surface area (Å²) < 4.78 is 0. The van der Waals surface area contributed by atoms with E-state index in [1.54, 1.807) is 23.6 Å². The molecule has 1 rings (SSSR count). The van der Waals surface area contributed by atoms with Gasteiger partial charge >= 0.3 is 75.9 Å². The van der Waals surface area contributed by atoms with Crippen molar-refractivity contribution in [3.8, 4) is 5.75 Å². The monoisotopic (exact) mass is 447 g/mol. The first-order valence-corrected chi connectivity index (χ1v) is 6.94. The van der Waals surface area contributed by atoms with Crippen molar-refractivity contribution in [1.29, 1.82) is 0 Å². The molecule has 0 atom stereocenters. The number of hydrazine groups is 2. The Morgan fingerprint density at radius 3 is 1.74 bits per heavy atom. The summed E-state index contributed by atoms with van der Waals surface area (Å²) in [4.78, 5) is 81.4. The standard InChI is InChI=1S/C7H7B2N9O13/c1-9-10-24-25-13-14-28-29-17-18-31-30-16-15-27-26-12-11-23-7-2(8)3(19)4(20)5(21)6(7)22/h11-14H,1H3/b16-15+,18-17+. The van der Waals surface area contributed by atoms with Crippen LogP contribution in [0.4, 0.5) is 0 Å². The second-order valence-corrected chi connectivity index (χ2v) is 3.88. The Balaban J connectivity index is 2.08. The summed E-state index contributed by atoms with van der Waals surface area (Å²) in [5.41, 5.74) is -0.0239. The third kappa shape index (κ3) is 9.41. The molecule has 31 heavy (non-hydrogen) atoms. The summed E-state index contributed by atoms with van der Waals surface area (Å²) in [7, 11) is 6.48. The van der Waals surface area contributed by atoms with Crippen LogP contribution in [-0.4, -0.2) is 14.9 Å². The first-order chi connectivity index (χ1) is 15.0. The van der Waals surface area contributed by atoms with Crippen LogP contribution < -0.4 is 54.4 Å². The molecule has 0 amide bonds. The van der Waals surface area contributed by atoms with Crippen molar-refractivity contribution in [3.05, 3.63) is 40.9 Å². The van der Waals surface area contributed by atoms with Crippen LogP contribution in [0.2, 0.25) is 6.82 Å². The van der Waals surface area contributed by atoms with Gasteiger partial charge in [-0.05, 0) is 4.99 Å². The summed E-state index contributed by atoms with van der Waals surface area (Å²) in [5, 5.41) is 14.0. The third-order valence-corrected chi connectivity index (χ3v) is 2.17. The Bertz CT molecular complexity index is 966. The summed E-state index contributed by atoms with van der Waals surface area (Å²) in [6, 6.07) is 0. The van der Waals surface area contributed by atoms with Gasteiger partial charge in [0.1, 0.15) is 13.1 Å². The van der Waals surface area contributed by atoms with E-state index in [4.69, 9.17) is 7.85 Å². The van der Waals surface area contributed by atoms with E-state index < -0.39 is 32.9 Å². The van der Waals surface area contributed by atoms with Crippen LogP contribution in [0.3, 0.4) is 0 Å². The van der Waals surface area contributed by atoms with Gasteiger partial charge in [0.05, 0.1) is 0 Å². The topological polar surface area (TPSA) is 261 Å². The quantitative estimate of drug-likeness (QED) is 0.0463. The Labute approximate surface area is 168 Å². The van der Waals surface area contributed by atoms with Gasteiger partial charge in [-0.25, -0.2) is 0 Å². The predicted octanol–water partition coefficient (Wildman–Crippen LogP) is -4.77. The minimum absolute atomic E-state index is 0.894. The predicted molar refractivity (Wildman–Crippen MR) is 84.9 cm³/mol. The largest absolute Gasteiger partial charge is 0.286 e. The number of rotatable bonds is 16. The fourth-order valence-corrected chi connectivity index (χ4v) is 1.12. The van der Waals surface area contributed by atoms with Crippen LogP contribution in [0, 0.1) is 0 Å². The fraction of sp³-hybridized carbons (Fsp3) is 0.143. The van der Waals surface area contributed by atoms with E-state index in [2.05, 4.69) is 70.9 Å². The molecule has 1 aromatic carbocycles. The van der Waals surface area contributed by atoms with E-state index in [0.717, 1.165) is 0 Å². The molecule has 0 fully saturated rings. The minimum Gasteiger partial charge on any atom is -0.286 e. The van der Waals surface area contributed by atoms with Crippen molar-refractivity contribution < 1.29 is 44.7 Å². The summed E-state index contributed by atoms with van der Waals surface area (Å²) in [6.07, 6.45) is 0. The fourth-order valence-electron chi connectivity index (χ4n) is 1.12. The van der Waals surface area contributed by atoms with E-state index in [1.165, 1.54) is 7.07 Å². The number of nitrogens with one attached hydrogen (secondary N) is 4.